The maximum absolute atomic E-state index is 5.52. The fraction of sp³-hybridized carbons (Fsp3) is 0.484. The summed E-state index contributed by atoms with van der Waals surface area (Å²) >= 11 is 0. The van der Waals surface area contributed by atoms with Crippen LogP contribution in [0.3, 0.4) is 0 Å². The number of rotatable bonds is 13. The molecule has 0 radical (unpaired) electrons. The van der Waals surface area contributed by atoms with Crippen LogP contribution in [0.25, 0.3) is 6.08 Å². The van der Waals surface area contributed by atoms with Crippen LogP contribution in [0.1, 0.15) is 80.5 Å². The van der Waals surface area contributed by atoms with Crippen molar-refractivity contribution in [2.75, 3.05) is 6.61 Å². The van der Waals surface area contributed by atoms with Crippen LogP contribution in [0.4, 0.5) is 0 Å². The summed E-state index contributed by atoms with van der Waals surface area (Å²) in [7, 11) is 0. The molecule has 32 heavy (non-hydrogen) atoms. The van der Waals surface area contributed by atoms with Crippen molar-refractivity contribution < 1.29 is 4.74 Å². The van der Waals surface area contributed by atoms with Crippen LogP contribution in [0.5, 0.6) is 0 Å². The lowest BCUT2D eigenvalue weighted by Gasteiger charge is -2.28. The Balaban J connectivity index is 1.26. The average Bonchev–Trinajstić information content (AvgIpc) is 2.83. The average molecular weight is 431 g/mol. The second-order valence-electron chi connectivity index (χ2n) is 9.53. The van der Waals surface area contributed by atoms with Crippen LogP contribution in [-0.4, -0.2) is 6.61 Å². The van der Waals surface area contributed by atoms with E-state index in [-0.39, 0.29) is 0 Å². The third-order valence-electron chi connectivity index (χ3n) is 7.00. The molecule has 0 unspecified atom stereocenters. The second-order valence-corrected chi connectivity index (χ2v) is 9.53. The van der Waals surface area contributed by atoms with Crippen molar-refractivity contribution in [3.05, 3.63) is 89.5 Å². The number of hydrogen-bond donors (Lipinski definition) is 0. The first-order valence-corrected chi connectivity index (χ1v) is 12.7. The van der Waals surface area contributed by atoms with Crippen molar-refractivity contribution in [1.29, 1.82) is 0 Å². The van der Waals surface area contributed by atoms with Crippen molar-refractivity contribution in [3.63, 3.8) is 0 Å². The van der Waals surface area contributed by atoms with Gasteiger partial charge in [0.25, 0.3) is 0 Å². The molecule has 0 heterocycles. The normalized spacial score (nSPS) is 18.8. The Labute approximate surface area is 196 Å². The van der Waals surface area contributed by atoms with Crippen molar-refractivity contribution in [3.8, 4) is 0 Å². The van der Waals surface area contributed by atoms with Crippen LogP contribution in [-0.2, 0) is 24.2 Å². The predicted octanol–water partition coefficient (Wildman–Crippen LogP) is 8.57. The van der Waals surface area contributed by atoms with E-state index in [2.05, 4.69) is 74.2 Å². The van der Waals surface area contributed by atoms with Crippen molar-refractivity contribution >= 4 is 6.08 Å². The lowest BCUT2D eigenvalue weighted by atomic mass is 9.77. The maximum Gasteiger partial charge on any atom is 0.0721 e. The van der Waals surface area contributed by atoms with Gasteiger partial charge in [0.1, 0.15) is 0 Å². The van der Waals surface area contributed by atoms with Gasteiger partial charge >= 0.3 is 0 Å². The van der Waals surface area contributed by atoms with E-state index in [1.807, 2.05) is 0 Å². The van der Waals surface area contributed by atoms with E-state index in [0.717, 1.165) is 11.8 Å². The Bertz CT molecular complexity index is 791. The highest BCUT2D eigenvalue weighted by atomic mass is 16.5. The zero-order valence-electron chi connectivity index (χ0n) is 20.1. The molecule has 0 aromatic heterocycles. The first-order valence-electron chi connectivity index (χ1n) is 12.7. The smallest absolute Gasteiger partial charge is 0.0721 e. The van der Waals surface area contributed by atoms with Gasteiger partial charge in [-0.05, 0) is 66.7 Å². The van der Waals surface area contributed by atoms with Crippen LogP contribution < -0.4 is 0 Å². The Morgan fingerprint density at radius 2 is 1.38 bits per heavy atom. The molecule has 1 nitrogen and oxygen atoms in total. The molecule has 0 bridgehead atoms. The molecule has 1 saturated carbocycles. The summed E-state index contributed by atoms with van der Waals surface area (Å²) in [6, 6.07) is 18.1. The third kappa shape index (κ3) is 8.79. The van der Waals surface area contributed by atoms with Gasteiger partial charge in [-0.25, -0.2) is 0 Å². The lowest BCUT2D eigenvalue weighted by molar-refractivity contribution is 0.149. The van der Waals surface area contributed by atoms with Crippen molar-refractivity contribution in [1.82, 2.24) is 0 Å². The summed E-state index contributed by atoms with van der Waals surface area (Å²) < 4.78 is 5.52. The van der Waals surface area contributed by atoms with Crippen molar-refractivity contribution in [2.45, 2.75) is 77.7 Å². The van der Waals surface area contributed by atoms with E-state index in [0.29, 0.717) is 13.2 Å². The molecular formula is C31H42O. The molecule has 1 heteroatoms. The maximum atomic E-state index is 5.52. The van der Waals surface area contributed by atoms with Gasteiger partial charge in [-0.2, -0.15) is 0 Å². The minimum atomic E-state index is 0.620. The Kier molecular flexibility index (Phi) is 10.8. The Morgan fingerprint density at radius 1 is 0.781 bits per heavy atom. The predicted molar refractivity (Wildman–Crippen MR) is 139 cm³/mol. The number of aryl methyl sites for hydroxylation is 2. The molecule has 1 aliphatic rings. The second kappa shape index (κ2) is 14.1. The fourth-order valence-electron chi connectivity index (χ4n) is 4.99. The molecule has 0 atom stereocenters. The molecule has 0 spiro atoms. The van der Waals surface area contributed by atoms with Crippen LogP contribution in [0.15, 0.2) is 67.3 Å². The van der Waals surface area contributed by atoms with Gasteiger partial charge in [-0.3, -0.25) is 0 Å². The zero-order valence-corrected chi connectivity index (χ0v) is 20.1. The Hall–Kier alpha value is -2.12. The third-order valence-corrected chi connectivity index (χ3v) is 7.00. The van der Waals surface area contributed by atoms with E-state index in [1.54, 1.807) is 6.08 Å². The first-order chi connectivity index (χ1) is 15.8. The van der Waals surface area contributed by atoms with E-state index in [9.17, 15) is 0 Å². The molecule has 1 fully saturated rings. The summed E-state index contributed by atoms with van der Waals surface area (Å²) in [6.45, 7) is 7.06. The van der Waals surface area contributed by atoms with Crippen molar-refractivity contribution in [2.24, 2.45) is 11.8 Å². The van der Waals surface area contributed by atoms with Gasteiger partial charge in [0.15, 0.2) is 0 Å². The minimum Gasteiger partial charge on any atom is -0.373 e. The summed E-state index contributed by atoms with van der Waals surface area (Å²) in [5, 5.41) is 0. The minimum absolute atomic E-state index is 0.620. The topological polar surface area (TPSA) is 9.23 Å². The molecule has 0 amide bonds. The molecule has 0 saturated heterocycles. The zero-order chi connectivity index (χ0) is 22.4. The standard InChI is InChI=1S/C31H42O/c1-3-7-26-10-12-27(13-11-26)8-5-6-9-28-14-16-29(17-15-28)18-19-30-20-22-31(23-21-30)25-32-24-4-2/h3-4,7,10-13,20-23,28-29H,2,5-6,8-9,14-19,24-25H2,1H3. The lowest BCUT2D eigenvalue weighted by Crippen LogP contribution is -2.15. The molecule has 3 rings (SSSR count). The van der Waals surface area contributed by atoms with E-state index >= 15 is 0 Å². The number of hydrogen-bond acceptors (Lipinski definition) is 1. The molecular weight excluding hydrogens is 388 g/mol. The van der Waals surface area contributed by atoms with Gasteiger partial charge in [0.2, 0.25) is 0 Å². The quantitative estimate of drug-likeness (QED) is 0.228. The molecule has 172 valence electrons. The molecule has 2 aromatic rings. The van der Waals surface area contributed by atoms with Gasteiger partial charge in [-0.15, -0.1) is 6.58 Å². The monoisotopic (exact) mass is 430 g/mol. The summed E-state index contributed by atoms with van der Waals surface area (Å²) in [5.74, 6) is 1.90. The highest BCUT2D eigenvalue weighted by Crippen LogP contribution is 2.34. The van der Waals surface area contributed by atoms with Crippen LogP contribution in [0.2, 0.25) is 0 Å². The fourth-order valence-corrected chi connectivity index (χ4v) is 4.99. The summed E-state index contributed by atoms with van der Waals surface area (Å²) in [6.07, 6.45) is 19.8. The molecule has 0 aliphatic heterocycles. The number of ether oxygens (including phenoxy) is 1. The highest BCUT2D eigenvalue weighted by Gasteiger charge is 2.20. The first kappa shape index (κ1) is 24.5. The Morgan fingerprint density at radius 3 is 2.03 bits per heavy atom. The van der Waals surface area contributed by atoms with Gasteiger partial charge in [0.05, 0.1) is 13.2 Å². The number of unbranched alkanes of at least 4 members (excludes halogenated alkanes) is 1. The largest absolute Gasteiger partial charge is 0.373 e. The van der Waals surface area contributed by atoms with Gasteiger partial charge < -0.3 is 4.74 Å². The van der Waals surface area contributed by atoms with Crippen LogP contribution in [0, 0.1) is 11.8 Å². The van der Waals surface area contributed by atoms with E-state index < -0.39 is 0 Å². The van der Waals surface area contributed by atoms with E-state index in [1.165, 1.54) is 86.5 Å². The molecule has 0 N–H and O–H groups in total. The molecule has 1 aliphatic carbocycles. The summed E-state index contributed by atoms with van der Waals surface area (Å²) in [4.78, 5) is 0. The molecule has 2 aromatic carbocycles. The number of benzene rings is 2. The van der Waals surface area contributed by atoms with Gasteiger partial charge in [-0.1, -0.05) is 105 Å². The van der Waals surface area contributed by atoms with E-state index in [4.69, 9.17) is 4.74 Å². The van der Waals surface area contributed by atoms with Gasteiger partial charge in [0, 0.05) is 0 Å². The highest BCUT2D eigenvalue weighted by molar-refractivity contribution is 5.49. The summed E-state index contributed by atoms with van der Waals surface area (Å²) in [5.41, 5.74) is 5.51. The van der Waals surface area contributed by atoms with Crippen LogP contribution >= 0.6 is 0 Å². The number of allylic oxidation sites excluding steroid dienone is 1. The SMILES string of the molecule is C=CCOCc1ccc(CCC2CCC(CCCCc3ccc(C=CC)cc3)CC2)cc1.